The number of Topliss-reactive ketones (excluding diaryl/α,β-unsaturated/α-hetero) is 1. The molecule has 0 aliphatic heterocycles. The number of esters is 2. The fraction of sp³-hybridized carbons (Fsp3) is 0.296. The van der Waals surface area contributed by atoms with Crippen LogP contribution in [0.25, 0.3) is 56.2 Å². The molecule has 66 heavy (non-hydrogen) atoms. The molecular formula is C54H52F2N2O8. The van der Waals surface area contributed by atoms with E-state index in [4.69, 9.17) is 19.4 Å². The average molecular weight is 895 g/mol. The number of aliphatic hydroxyl groups excluding tert-OH is 2. The van der Waals surface area contributed by atoms with Gasteiger partial charge in [0.1, 0.15) is 18.1 Å². The van der Waals surface area contributed by atoms with Crippen molar-refractivity contribution >= 4 is 57.5 Å². The third-order valence-electron chi connectivity index (χ3n) is 11.3. The molecule has 2 N–H and O–H groups in total. The summed E-state index contributed by atoms with van der Waals surface area (Å²) in [7, 11) is 0. The summed E-state index contributed by atoms with van der Waals surface area (Å²) in [4.78, 5) is 57.4. The van der Waals surface area contributed by atoms with Gasteiger partial charge in [0.05, 0.1) is 60.7 Å². The number of hydrogen-bond acceptors (Lipinski definition) is 10. The molecule has 2 aliphatic rings. The minimum Gasteiger partial charge on any atom is -0.466 e. The zero-order valence-corrected chi connectivity index (χ0v) is 36.9. The highest BCUT2D eigenvalue weighted by molar-refractivity contribution is 6.11. The largest absolute Gasteiger partial charge is 0.466 e. The highest BCUT2D eigenvalue weighted by Gasteiger charge is 2.31. The van der Waals surface area contributed by atoms with E-state index in [9.17, 15) is 38.2 Å². The number of rotatable bonds is 18. The summed E-state index contributed by atoms with van der Waals surface area (Å²) in [5.41, 5.74) is 8.78. The molecule has 2 fully saturated rings. The van der Waals surface area contributed by atoms with Crippen molar-refractivity contribution in [1.29, 1.82) is 0 Å². The van der Waals surface area contributed by atoms with Crippen LogP contribution in [0.3, 0.4) is 0 Å². The molecule has 0 bridgehead atoms. The van der Waals surface area contributed by atoms with E-state index in [2.05, 4.69) is 0 Å². The van der Waals surface area contributed by atoms with Gasteiger partial charge in [-0.1, -0.05) is 72.8 Å². The maximum absolute atomic E-state index is 13.6. The second-order valence-corrected chi connectivity index (χ2v) is 16.5. The lowest BCUT2D eigenvalue weighted by Crippen LogP contribution is -2.20. The molecule has 8 rings (SSSR count). The van der Waals surface area contributed by atoms with E-state index < -0.39 is 42.1 Å². The van der Waals surface area contributed by atoms with Crippen LogP contribution in [0.4, 0.5) is 8.78 Å². The molecule has 2 saturated carbocycles. The third-order valence-corrected chi connectivity index (χ3v) is 11.3. The van der Waals surface area contributed by atoms with Crippen molar-refractivity contribution in [2.24, 2.45) is 0 Å². The molecule has 0 radical (unpaired) electrons. The van der Waals surface area contributed by atoms with Gasteiger partial charge in [0, 0.05) is 51.3 Å². The molecule has 2 aromatic heterocycles. The number of ketones is 2. The Balaban J connectivity index is 0.000000196. The van der Waals surface area contributed by atoms with E-state index in [1.54, 1.807) is 50.3 Å². The van der Waals surface area contributed by atoms with Gasteiger partial charge in [-0.3, -0.25) is 29.1 Å². The van der Waals surface area contributed by atoms with Crippen LogP contribution in [0.15, 0.2) is 109 Å². The normalized spacial score (nSPS) is 14.5. The van der Waals surface area contributed by atoms with Gasteiger partial charge in [-0.2, -0.15) is 0 Å². The summed E-state index contributed by atoms with van der Waals surface area (Å²) in [5.74, 6) is -1.99. The fourth-order valence-corrected chi connectivity index (χ4v) is 7.95. The Morgan fingerprint density at radius 2 is 1.12 bits per heavy atom. The van der Waals surface area contributed by atoms with E-state index in [1.807, 2.05) is 54.6 Å². The minimum atomic E-state index is -1.00. The SMILES string of the molecule is CCOC(=O)CC(=O)CC(=O)/C=C/c1c(C2CC2)nc2ccccc2c1-c1ccc(F)cc1.CCOC(=O)C[C@H](O)C[C@H](O)/C=C/c1c(C2CC2)nc2ccccc2c1-c1ccc(F)cc1. The fourth-order valence-electron chi connectivity index (χ4n) is 7.95. The maximum Gasteiger partial charge on any atom is 0.313 e. The summed E-state index contributed by atoms with van der Waals surface area (Å²) < 4.78 is 36.9. The second-order valence-electron chi connectivity index (χ2n) is 16.5. The van der Waals surface area contributed by atoms with E-state index in [1.165, 1.54) is 30.3 Å². The first-order valence-corrected chi connectivity index (χ1v) is 22.4. The lowest BCUT2D eigenvalue weighted by atomic mass is 9.92. The van der Waals surface area contributed by atoms with Gasteiger partial charge in [0.25, 0.3) is 0 Å². The number of para-hydroxylation sites is 2. The molecule has 6 aromatic rings. The van der Waals surface area contributed by atoms with Crippen molar-refractivity contribution in [2.75, 3.05) is 13.2 Å². The smallest absolute Gasteiger partial charge is 0.313 e. The Labute approximate surface area is 382 Å². The molecule has 2 atom stereocenters. The highest BCUT2D eigenvalue weighted by Crippen LogP contribution is 2.47. The summed E-state index contributed by atoms with van der Waals surface area (Å²) in [6.07, 6.45) is 7.78. The molecule has 340 valence electrons. The third kappa shape index (κ3) is 12.3. The number of fused-ring (bicyclic) bond motifs is 2. The number of nitrogens with zero attached hydrogens (tertiary/aromatic N) is 2. The van der Waals surface area contributed by atoms with Gasteiger partial charge in [-0.05, 0) is 99.2 Å². The minimum absolute atomic E-state index is 0.0148. The van der Waals surface area contributed by atoms with Crippen molar-refractivity contribution in [3.63, 3.8) is 0 Å². The van der Waals surface area contributed by atoms with Gasteiger partial charge >= 0.3 is 11.9 Å². The van der Waals surface area contributed by atoms with Crippen LogP contribution in [-0.4, -0.2) is 69.1 Å². The topological polar surface area (TPSA) is 153 Å². The van der Waals surface area contributed by atoms with E-state index in [0.717, 1.165) is 92.3 Å². The Hall–Kier alpha value is -6.76. The Kier molecular flexibility index (Phi) is 15.7. The monoisotopic (exact) mass is 894 g/mol. The first-order chi connectivity index (χ1) is 31.9. The number of benzene rings is 4. The molecule has 0 spiro atoms. The number of aliphatic hydroxyl groups is 2. The van der Waals surface area contributed by atoms with Crippen molar-refractivity contribution in [1.82, 2.24) is 9.97 Å². The molecule has 10 nitrogen and oxygen atoms in total. The number of halogens is 2. The average Bonchev–Trinajstić information content (AvgIpc) is 4.23. The van der Waals surface area contributed by atoms with Crippen LogP contribution in [0.5, 0.6) is 0 Å². The molecule has 0 saturated heterocycles. The highest BCUT2D eigenvalue weighted by atomic mass is 19.1. The number of pyridine rings is 2. The van der Waals surface area contributed by atoms with Gasteiger partial charge in [0.15, 0.2) is 11.6 Å². The molecule has 2 aliphatic carbocycles. The number of ether oxygens (including phenoxy) is 2. The van der Waals surface area contributed by atoms with Crippen molar-refractivity contribution in [3.05, 3.63) is 143 Å². The summed E-state index contributed by atoms with van der Waals surface area (Å²) in [6.45, 7) is 3.80. The van der Waals surface area contributed by atoms with Crippen LogP contribution in [0, 0.1) is 11.6 Å². The van der Waals surface area contributed by atoms with E-state index in [-0.39, 0.29) is 44.1 Å². The maximum atomic E-state index is 13.6. The summed E-state index contributed by atoms with van der Waals surface area (Å²) in [6, 6.07) is 28.3. The number of hydrogen-bond donors (Lipinski definition) is 2. The number of allylic oxidation sites excluding steroid dienone is 1. The first-order valence-electron chi connectivity index (χ1n) is 22.4. The van der Waals surface area contributed by atoms with E-state index >= 15 is 0 Å². The van der Waals surface area contributed by atoms with Crippen LogP contribution < -0.4 is 0 Å². The molecule has 0 unspecified atom stereocenters. The summed E-state index contributed by atoms with van der Waals surface area (Å²) in [5, 5.41) is 22.5. The predicted octanol–water partition coefficient (Wildman–Crippen LogP) is 10.4. The zero-order valence-electron chi connectivity index (χ0n) is 36.9. The van der Waals surface area contributed by atoms with Crippen LogP contribution in [0.1, 0.15) is 99.6 Å². The molecule has 0 amide bonds. The van der Waals surface area contributed by atoms with Crippen molar-refractivity contribution in [3.8, 4) is 22.3 Å². The first kappa shape index (κ1) is 47.2. The molecule has 12 heteroatoms. The van der Waals surface area contributed by atoms with Crippen LogP contribution in [-0.2, 0) is 28.7 Å². The molecule has 4 aromatic carbocycles. The summed E-state index contributed by atoms with van der Waals surface area (Å²) >= 11 is 0. The Bertz CT molecular complexity index is 2780. The molecule has 2 heterocycles. The van der Waals surface area contributed by atoms with Gasteiger partial charge in [0.2, 0.25) is 0 Å². The standard InChI is InChI=1S/C27H28FNO4.C27H24FNO4/c2*1-2-33-25(32)16-21(31)15-20(30)13-14-23-26(17-9-11-19(28)12-10-17)22-5-3-4-6-24(22)29-27(23)18-7-8-18/h3-6,9-14,18,20-21,30-31H,2,7-8,15-16H2,1H3;3-6,9-14,18H,2,7-8,15-16H2,1H3/b2*14-13+/t20-,21-;/m1./s1. The van der Waals surface area contributed by atoms with Crippen molar-refractivity contribution in [2.45, 2.75) is 89.3 Å². The van der Waals surface area contributed by atoms with Gasteiger partial charge in [-0.25, -0.2) is 8.78 Å². The lowest BCUT2D eigenvalue weighted by Gasteiger charge is -2.16. The number of aromatic nitrogens is 2. The zero-order chi connectivity index (χ0) is 46.7. The lowest BCUT2D eigenvalue weighted by molar-refractivity contribution is -0.147. The van der Waals surface area contributed by atoms with E-state index in [0.29, 0.717) is 11.8 Å². The second kappa shape index (κ2) is 21.9. The van der Waals surface area contributed by atoms with Gasteiger partial charge < -0.3 is 19.7 Å². The molecular weight excluding hydrogens is 843 g/mol. The quantitative estimate of drug-likeness (QED) is 0.0484. The van der Waals surface area contributed by atoms with Crippen LogP contribution in [0.2, 0.25) is 0 Å². The Morgan fingerprint density at radius 1 is 0.652 bits per heavy atom. The van der Waals surface area contributed by atoms with Crippen molar-refractivity contribution < 1.29 is 47.6 Å². The predicted molar refractivity (Wildman–Crippen MR) is 250 cm³/mol. The number of carbonyl (C=O) groups is 4. The number of carbonyl (C=O) groups excluding carboxylic acids is 4. The van der Waals surface area contributed by atoms with Crippen LogP contribution >= 0.6 is 0 Å². The Morgan fingerprint density at radius 3 is 1.61 bits per heavy atom. The van der Waals surface area contributed by atoms with Gasteiger partial charge in [-0.15, -0.1) is 0 Å².